The predicted octanol–water partition coefficient (Wildman–Crippen LogP) is 7.50. The molecule has 8 heteroatoms. The molecule has 1 spiro atoms. The third-order valence-electron chi connectivity index (χ3n) is 9.85. The van der Waals surface area contributed by atoms with Gasteiger partial charge < -0.3 is 15.1 Å². The number of piperidine rings is 2. The summed E-state index contributed by atoms with van der Waals surface area (Å²) in [6.45, 7) is 4.86. The highest BCUT2D eigenvalue weighted by Gasteiger charge is 2.38. The average Bonchev–Trinajstić information content (AvgIpc) is 3.42. The van der Waals surface area contributed by atoms with E-state index in [1.165, 1.54) is 24.0 Å². The van der Waals surface area contributed by atoms with Crippen molar-refractivity contribution in [3.05, 3.63) is 104 Å². The van der Waals surface area contributed by atoms with E-state index in [1.54, 1.807) is 30.3 Å². The second kappa shape index (κ2) is 13.0. The maximum atomic E-state index is 13.6. The third kappa shape index (κ3) is 6.77. The van der Waals surface area contributed by atoms with Crippen LogP contribution in [0.15, 0.2) is 60.7 Å². The van der Waals surface area contributed by atoms with Gasteiger partial charge in [0.1, 0.15) is 5.82 Å². The van der Waals surface area contributed by atoms with Gasteiger partial charge in [-0.3, -0.25) is 9.59 Å². The highest BCUT2D eigenvalue weighted by Crippen LogP contribution is 2.42. The van der Waals surface area contributed by atoms with Crippen molar-refractivity contribution in [3.8, 4) is 0 Å². The number of fused-ring (bicyclic) bond motifs is 1. The molecule has 0 bridgehead atoms. The number of benzene rings is 3. The minimum atomic E-state index is -0.262. The molecule has 2 saturated heterocycles. The lowest BCUT2D eigenvalue weighted by atomic mass is 9.71. The standard InChI is InChI=1S/C35H38Cl2FN3O2/c36-30-5-1-4-28(32(30)37)33(42)39-31-13-10-25-8-9-26(23-29(25)31)34(43)41-21-16-35(17-22-41)14-19-40(20-15-35)18-2-3-24-6-11-27(38)12-7-24/h1,4-9,11-12,23,31H,2-3,10,13-22H2,(H,39,42). The largest absolute Gasteiger partial charge is 0.345 e. The van der Waals surface area contributed by atoms with Crippen molar-refractivity contribution >= 4 is 35.0 Å². The molecule has 3 aromatic carbocycles. The van der Waals surface area contributed by atoms with Crippen LogP contribution < -0.4 is 5.32 Å². The van der Waals surface area contributed by atoms with Crippen molar-refractivity contribution in [3.63, 3.8) is 0 Å². The maximum absolute atomic E-state index is 13.6. The molecule has 5 nitrogen and oxygen atoms in total. The Morgan fingerprint density at radius 3 is 2.40 bits per heavy atom. The van der Waals surface area contributed by atoms with Gasteiger partial charge in [0, 0.05) is 18.7 Å². The summed E-state index contributed by atoms with van der Waals surface area (Å²) >= 11 is 12.4. The first-order valence-corrected chi connectivity index (χ1v) is 16.2. The Balaban J connectivity index is 1.00. The van der Waals surface area contributed by atoms with Gasteiger partial charge in [0.15, 0.2) is 0 Å². The molecule has 1 aliphatic carbocycles. The van der Waals surface area contributed by atoms with Crippen LogP contribution in [0.5, 0.6) is 0 Å². The Morgan fingerprint density at radius 1 is 0.930 bits per heavy atom. The average molecular weight is 623 g/mol. The van der Waals surface area contributed by atoms with Crippen LogP contribution in [-0.2, 0) is 12.8 Å². The zero-order valence-corrected chi connectivity index (χ0v) is 25.9. The van der Waals surface area contributed by atoms with E-state index in [4.69, 9.17) is 23.2 Å². The van der Waals surface area contributed by atoms with Crippen LogP contribution >= 0.6 is 23.2 Å². The summed E-state index contributed by atoms with van der Waals surface area (Å²) in [6.07, 6.45) is 8.16. The number of carbonyl (C=O) groups is 2. The van der Waals surface area contributed by atoms with Crippen LogP contribution in [0, 0.1) is 11.2 Å². The van der Waals surface area contributed by atoms with Gasteiger partial charge in [0.05, 0.1) is 21.7 Å². The molecule has 1 N–H and O–H groups in total. The molecule has 0 aromatic heterocycles. The second-order valence-electron chi connectivity index (χ2n) is 12.4. The number of rotatable bonds is 7. The van der Waals surface area contributed by atoms with E-state index in [0.29, 0.717) is 21.6 Å². The Kier molecular flexibility index (Phi) is 9.08. The van der Waals surface area contributed by atoms with Gasteiger partial charge in [0.25, 0.3) is 11.8 Å². The number of amides is 2. The number of carbonyl (C=O) groups excluding carboxylic acids is 2. The van der Waals surface area contributed by atoms with Gasteiger partial charge in [-0.05, 0) is 130 Å². The minimum absolute atomic E-state index is 0.0748. The summed E-state index contributed by atoms with van der Waals surface area (Å²) in [5, 5.41) is 3.70. The van der Waals surface area contributed by atoms with Gasteiger partial charge in [-0.2, -0.15) is 0 Å². The monoisotopic (exact) mass is 621 g/mol. The van der Waals surface area contributed by atoms with E-state index in [9.17, 15) is 14.0 Å². The van der Waals surface area contributed by atoms with Gasteiger partial charge in [-0.1, -0.05) is 47.5 Å². The van der Waals surface area contributed by atoms with Crippen molar-refractivity contribution in [1.82, 2.24) is 15.1 Å². The first-order valence-electron chi connectivity index (χ1n) is 15.4. The molecule has 0 saturated carbocycles. The molecule has 2 fully saturated rings. The number of aryl methyl sites for hydroxylation is 2. The number of hydrogen-bond acceptors (Lipinski definition) is 3. The predicted molar refractivity (Wildman–Crippen MR) is 169 cm³/mol. The molecule has 1 atom stereocenters. The topological polar surface area (TPSA) is 52.7 Å². The molecular formula is C35H38Cl2FN3O2. The lowest BCUT2D eigenvalue weighted by Crippen LogP contribution is -2.48. The van der Waals surface area contributed by atoms with E-state index < -0.39 is 0 Å². The highest BCUT2D eigenvalue weighted by atomic mass is 35.5. The van der Waals surface area contributed by atoms with E-state index >= 15 is 0 Å². The molecule has 2 amide bonds. The van der Waals surface area contributed by atoms with Crippen LogP contribution in [0.3, 0.4) is 0 Å². The number of nitrogens with one attached hydrogen (secondary N) is 1. The molecule has 3 aliphatic rings. The Hall–Kier alpha value is -2.93. The molecule has 6 rings (SSSR count). The van der Waals surface area contributed by atoms with Gasteiger partial charge in [0.2, 0.25) is 0 Å². The van der Waals surface area contributed by atoms with E-state index in [0.717, 1.165) is 76.8 Å². The Bertz CT molecular complexity index is 1480. The first-order chi connectivity index (χ1) is 20.8. The van der Waals surface area contributed by atoms with Crippen molar-refractivity contribution in [2.45, 2.75) is 57.4 Å². The fourth-order valence-electron chi connectivity index (χ4n) is 7.08. The van der Waals surface area contributed by atoms with Crippen LogP contribution in [-0.4, -0.2) is 54.3 Å². The summed E-state index contributed by atoms with van der Waals surface area (Å²) in [7, 11) is 0. The Morgan fingerprint density at radius 2 is 1.65 bits per heavy atom. The normalized spacial score (nSPS) is 19.8. The van der Waals surface area contributed by atoms with Crippen molar-refractivity contribution in [1.29, 1.82) is 0 Å². The summed E-state index contributed by atoms with van der Waals surface area (Å²) < 4.78 is 13.1. The fourth-order valence-corrected chi connectivity index (χ4v) is 7.46. The minimum Gasteiger partial charge on any atom is -0.345 e. The summed E-state index contributed by atoms with van der Waals surface area (Å²) in [5.41, 5.74) is 4.75. The lowest BCUT2D eigenvalue weighted by Gasteiger charge is -2.47. The van der Waals surface area contributed by atoms with Gasteiger partial charge in [-0.25, -0.2) is 4.39 Å². The van der Waals surface area contributed by atoms with Gasteiger partial charge in [-0.15, -0.1) is 0 Å². The molecular weight excluding hydrogens is 584 g/mol. The van der Waals surface area contributed by atoms with Crippen LogP contribution in [0.1, 0.15) is 82.0 Å². The van der Waals surface area contributed by atoms with E-state index in [2.05, 4.69) is 10.2 Å². The van der Waals surface area contributed by atoms with E-state index in [1.807, 2.05) is 35.2 Å². The fraction of sp³-hybridized carbons (Fsp3) is 0.429. The Labute approximate surface area is 263 Å². The quantitative estimate of drug-likeness (QED) is 0.297. The van der Waals surface area contributed by atoms with Crippen LogP contribution in [0.4, 0.5) is 4.39 Å². The molecule has 3 aromatic rings. The molecule has 0 radical (unpaired) electrons. The van der Waals surface area contributed by atoms with Crippen molar-refractivity contribution in [2.24, 2.45) is 5.41 Å². The highest BCUT2D eigenvalue weighted by molar-refractivity contribution is 6.43. The number of hydrogen-bond donors (Lipinski definition) is 1. The second-order valence-corrected chi connectivity index (χ2v) is 13.2. The van der Waals surface area contributed by atoms with Crippen molar-refractivity contribution < 1.29 is 14.0 Å². The number of halogens is 3. The molecule has 226 valence electrons. The summed E-state index contributed by atoms with van der Waals surface area (Å²) in [6, 6.07) is 17.7. The summed E-state index contributed by atoms with van der Waals surface area (Å²) in [5.74, 6) is -0.367. The SMILES string of the molecule is O=C(NC1CCc2ccc(C(=O)N3CCC4(CCN(CCCc5ccc(F)cc5)CC4)CC3)cc21)c1cccc(Cl)c1Cl. The first kappa shape index (κ1) is 30.1. The molecule has 2 heterocycles. The van der Waals surface area contributed by atoms with Gasteiger partial charge >= 0.3 is 0 Å². The lowest BCUT2D eigenvalue weighted by molar-refractivity contribution is 0.0300. The zero-order chi connectivity index (χ0) is 30.0. The zero-order valence-electron chi connectivity index (χ0n) is 24.4. The number of likely N-dealkylation sites (tertiary alicyclic amines) is 2. The molecule has 43 heavy (non-hydrogen) atoms. The number of nitrogens with zero attached hydrogens (tertiary/aromatic N) is 2. The van der Waals surface area contributed by atoms with Crippen LogP contribution in [0.25, 0.3) is 0 Å². The van der Waals surface area contributed by atoms with Crippen LogP contribution in [0.2, 0.25) is 10.0 Å². The third-order valence-corrected chi connectivity index (χ3v) is 10.7. The van der Waals surface area contributed by atoms with E-state index in [-0.39, 0.29) is 28.7 Å². The molecule has 1 unspecified atom stereocenters. The summed E-state index contributed by atoms with van der Waals surface area (Å²) in [4.78, 5) is 31.2. The smallest absolute Gasteiger partial charge is 0.253 e. The maximum Gasteiger partial charge on any atom is 0.253 e. The van der Waals surface area contributed by atoms with Crippen molar-refractivity contribution in [2.75, 3.05) is 32.7 Å². The molecule has 2 aliphatic heterocycles.